The quantitative estimate of drug-likeness (QED) is 0.324. The van der Waals surface area contributed by atoms with Crippen LogP contribution in [0.2, 0.25) is 5.02 Å². The Hall–Kier alpha value is -1.80. The molecule has 0 N–H and O–H groups in total. The van der Waals surface area contributed by atoms with E-state index in [1.807, 2.05) is 18.2 Å². The highest BCUT2D eigenvalue weighted by atomic mass is 35.5. The predicted molar refractivity (Wildman–Crippen MR) is 122 cm³/mol. The predicted octanol–water partition coefficient (Wildman–Crippen LogP) is 8.01. The topological polar surface area (TPSA) is 26.3 Å². The van der Waals surface area contributed by atoms with Gasteiger partial charge in [0.05, 0.1) is 10.4 Å². The van der Waals surface area contributed by atoms with Gasteiger partial charge in [0.25, 0.3) is 0 Å². The molecule has 0 aromatic heterocycles. The van der Waals surface area contributed by atoms with Gasteiger partial charge in [-0.25, -0.2) is 0 Å². The van der Waals surface area contributed by atoms with E-state index in [1.165, 1.54) is 24.8 Å². The minimum Gasteiger partial charge on any atom is -0.425 e. The molecular weight excluding hydrogens is 380 g/mol. The number of esters is 1. The van der Waals surface area contributed by atoms with Crippen LogP contribution < -0.4 is 4.74 Å². The number of ether oxygens (including phenoxy) is 1. The van der Waals surface area contributed by atoms with E-state index in [-0.39, 0.29) is 11.4 Å². The van der Waals surface area contributed by atoms with Gasteiger partial charge in [-0.05, 0) is 60.9 Å². The lowest BCUT2D eigenvalue weighted by Gasteiger charge is -2.34. The molecule has 0 spiro atoms. The van der Waals surface area contributed by atoms with Crippen molar-refractivity contribution in [3.05, 3.63) is 53.1 Å². The maximum atomic E-state index is 13.0. The Kier molecular flexibility index (Phi) is 7.77. The highest BCUT2D eigenvalue weighted by Crippen LogP contribution is 2.42. The van der Waals surface area contributed by atoms with Crippen molar-refractivity contribution in [1.82, 2.24) is 0 Å². The summed E-state index contributed by atoms with van der Waals surface area (Å²) in [5.41, 5.74) is 3.20. The largest absolute Gasteiger partial charge is 0.425 e. The summed E-state index contributed by atoms with van der Waals surface area (Å²) in [5, 5.41) is 0.494. The van der Waals surface area contributed by atoms with Crippen LogP contribution in [0.1, 0.15) is 77.2 Å². The molecule has 1 saturated carbocycles. The summed E-state index contributed by atoms with van der Waals surface area (Å²) in [5.74, 6) is 0.370. The van der Waals surface area contributed by atoms with Gasteiger partial charge in [-0.2, -0.15) is 0 Å². The first-order chi connectivity index (χ1) is 14.1. The highest BCUT2D eigenvalue weighted by Gasteiger charge is 2.40. The molecule has 1 aliphatic carbocycles. The molecule has 2 aromatic carbocycles. The Labute approximate surface area is 180 Å². The van der Waals surface area contributed by atoms with Crippen LogP contribution in [0.25, 0.3) is 11.1 Å². The number of aryl methyl sites for hydroxylation is 1. The second-order valence-electron chi connectivity index (χ2n) is 8.43. The van der Waals surface area contributed by atoms with E-state index in [1.54, 1.807) is 0 Å². The molecule has 0 unspecified atom stereocenters. The van der Waals surface area contributed by atoms with Crippen molar-refractivity contribution >= 4 is 17.6 Å². The van der Waals surface area contributed by atoms with Crippen molar-refractivity contribution in [3.63, 3.8) is 0 Å². The molecule has 0 aliphatic heterocycles. The molecule has 0 atom stereocenters. The molecule has 0 heterocycles. The smallest absolute Gasteiger partial charge is 0.317 e. The Bertz CT molecular complexity index is 798. The molecule has 1 fully saturated rings. The van der Waals surface area contributed by atoms with Crippen LogP contribution in [-0.2, 0) is 11.2 Å². The second-order valence-corrected chi connectivity index (χ2v) is 8.83. The van der Waals surface area contributed by atoms with Gasteiger partial charge in [-0.15, -0.1) is 0 Å². The van der Waals surface area contributed by atoms with Crippen LogP contribution in [0.4, 0.5) is 0 Å². The molecule has 156 valence electrons. The van der Waals surface area contributed by atoms with Crippen LogP contribution in [0, 0.1) is 5.41 Å². The van der Waals surface area contributed by atoms with E-state index < -0.39 is 0 Å². The van der Waals surface area contributed by atoms with Crippen molar-refractivity contribution in [2.24, 2.45) is 5.41 Å². The molecule has 2 nitrogen and oxygen atoms in total. The van der Waals surface area contributed by atoms with Crippen LogP contribution in [-0.4, -0.2) is 5.97 Å². The standard InChI is InChI=1S/C26H33ClO2/c1-3-5-9-20-10-12-21(13-11-20)22-14-15-24(23(27)19-22)29-25(28)26(16-4-2)17-7-6-8-18-26/h10-15,19H,3-9,16-18H2,1-2H3. The highest BCUT2D eigenvalue weighted by molar-refractivity contribution is 6.32. The Balaban J connectivity index is 1.73. The summed E-state index contributed by atoms with van der Waals surface area (Å²) in [6.07, 6.45) is 10.7. The Morgan fingerprint density at radius 1 is 0.966 bits per heavy atom. The van der Waals surface area contributed by atoms with Gasteiger partial charge in [-0.1, -0.05) is 87.9 Å². The third-order valence-corrected chi connectivity index (χ3v) is 6.51. The number of rotatable bonds is 8. The van der Waals surface area contributed by atoms with Gasteiger partial charge in [-0.3, -0.25) is 4.79 Å². The normalized spacial score (nSPS) is 15.8. The lowest BCUT2D eigenvalue weighted by Crippen LogP contribution is -2.36. The average molecular weight is 413 g/mol. The van der Waals surface area contributed by atoms with Crippen LogP contribution in [0.3, 0.4) is 0 Å². The van der Waals surface area contributed by atoms with Gasteiger partial charge >= 0.3 is 5.97 Å². The zero-order chi connectivity index (χ0) is 20.7. The minimum absolute atomic E-state index is 0.103. The first-order valence-electron chi connectivity index (χ1n) is 11.2. The van der Waals surface area contributed by atoms with E-state index >= 15 is 0 Å². The lowest BCUT2D eigenvalue weighted by molar-refractivity contribution is -0.148. The molecule has 3 rings (SSSR count). The van der Waals surface area contributed by atoms with E-state index in [2.05, 4.69) is 38.1 Å². The Morgan fingerprint density at radius 2 is 1.66 bits per heavy atom. The summed E-state index contributed by atoms with van der Waals surface area (Å²) in [4.78, 5) is 13.0. The van der Waals surface area contributed by atoms with E-state index in [0.717, 1.165) is 56.1 Å². The van der Waals surface area contributed by atoms with Crippen molar-refractivity contribution in [2.75, 3.05) is 0 Å². The molecule has 0 amide bonds. The van der Waals surface area contributed by atoms with E-state index in [9.17, 15) is 4.79 Å². The molecule has 0 saturated heterocycles. The van der Waals surface area contributed by atoms with Crippen LogP contribution >= 0.6 is 11.6 Å². The molecule has 1 aliphatic rings. The fourth-order valence-corrected chi connectivity index (χ4v) is 4.70. The zero-order valence-electron chi connectivity index (χ0n) is 17.8. The number of carbonyl (C=O) groups is 1. The van der Waals surface area contributed by atoms with Crippen molar-refractivity contribution in [3.8, 4) is 16.9 Å². The molecular formula is C26H33ClO2. The monoisotopic (exact) mass is 412 g/mol. The summed E-state index contributed by atoms with van der Waals surface area (Å²) in [6.45, 7) is 4.35. The molecule has 29 heavy (non-hydrogen) atoms. The number of hydrogen-bond acceptors (Lipinski definition) is 2. The van der Waals surface area contributed by atoms with E-state index in [0.29, 0.717) is 10.8 Å². The fraction of sp³-hybridized carbons (Fsp3) is 0.500. The average Bonchev–Trinajstić information content (AvgIpc) is 2.75. The zero-order valence-corrected chi connectivity index (χ0v) is 18.6. The van der Waals surface area contributed by atoms with Gasteiger partial charge in [0.1, 0.15) is 5.75 Å². The minimum atomic E-state index is -0.330. The number of hydrogen-bond donors (Lipinski definition) is 0. The van der Waals surface area contributed by atoms with Crippen molar-refractivity contribution in [1.29, 1.82) is 0 Å². The molecule has 0 radical (unpaired) electrons. The third kappa shape index (κ3) is 5.42. The summed E-state index contributed by atoms with van der Waals surface area (Å²) in [7, 11) is 0. The summed E-state index contributed by atoms with van der Waals surface area (Å²) >= 11 is 6.51. The van der Waals surface area contributed by atoms with Crippen LogP contribution in [0.5, 0.6) is 5.75 Å². The summed E-state index contributed by atoms with van der Waals surface area (Å²) in [6, 6.07) is 14.4. The van der Waals surface area contributed by atoms with Crippen molar-refractivity contribution < 1.29 is 9.53 Å². The maximum Gasteiger partial charge on any atom is 0.317 e. The third-order valence-electron chi connectivity index (χ3n) is 6.21. The number of carbonyl (C=O) groups excluding carboxylic acids is 1. The molecule has 0 bridgehead atoms. The molecule has 3 heteroatoms. The SMILES string of the molecule is CCCCc1ccc(-c2ccc(OC(=O)C3(CCC)CCCCC3)c(Cl)c2)cc1. The fourth-order valence-electron chi connectivity index (χ4n) is 4.48. The van der Waals surface area contributed by atoms with Crippen LogP contribution in [0.15, 0.2) is 42.5 Å². The number of unbranched alkanes of at least 4 members (excludes halogenated alkanes) is 1. The van der Waals surface area contributed by atoms with E-state index in [4.69, 9.17) is 16.3 Å². The number of benzene rings is 2. The van der Waals surface area contributed by atoms with Crippen molar-refractivity contribution in [2.45, 2.75) is 78.1 Å². The summed E-state index contributed by atoms with van der Waals surface area (Å²) < 4.78 is 5.82. The first-order valence-corrected chi connectivity index (χ1v) is 11.6. The van der Waals surface area contributed by atoms with Gasteiger partial charge < -0.3 is 4.74 Å². The van der Waals surface area contributed by atoms with Gasteiger partial charge in [0.15, 0.2) is 0 Å². The maximum absolute atomic E-state index is 13.0. The van der Waals surface area contributed by atoms with Gasteiger partial charge in [0, 0.05) is 0 Å². The first kappa shape index (κ1) is 21.9. The number of halogens is 1. The molecule has 2 aromatic rings. The Morgan fingerprint density at radius 3 is 2.28 bits per heavy atom. The lowest BCUT2D eigenvalue weighted by atomic mass is 9.71. The van der Waals surface area contributed by atoms with Gasteiger partial charge in [0.2, 0.25) is 0 Å². The second kappa shape index (κ2) is 10.3.